The first-order valence-corrected chi connectivity index (χ1v) is 4.30. The number of imidazole rings is 1. The van der Waals surface area contributed by atoms with Gasteiger partial charge in [0.2, 0.25) is 5.82 Å². The molecule has 8 heteroatoms. The molecule has 1 aromatic rings. The molecule has 0 aliphatic carbocycles. The smallest absolute Gasteiger partial charge is 0.427 e. The van der Waals surface area contributed by atoms with Crippen molar-refractivity contribution in [3.05, 3.63) is 22.7 Å². The molecule has 1 aromatic heterocycles. The van der Waals surface area contributed by atoms with Crippen molar-refractivity contribution >= 4 is 23.6 Å². The maximum Gasteiger partial charge on any atom is 0.427 e. The first kappa shape index (κ1) is 12.6. The lowest BCUT2D eigenvalue weighted by Crippen LogP contribution is -2.09. The maximum absolute atomic E-state index is 12.1. The number of carboxylic acid groups (broad SMARTS) is 1. The molecule has 16 heavy (non-hydrogen) atoms. The molecule has 4 nitrogen and oxygen atoms in total. The summed E-state index contributed by atoms with van der Waals surface area (Å²) in [5, 5.41) is 7.27. The van der Waals surface area contributed by atoms with Crippen LogP contribution in [-0.4, -0.2) is 26.8 Å². The SMILES string of the molecule is Cn1c(C=C(Cl)C(F)(F)F)cnc1C(=O)O. The van der Waals surface area contributed by atoms with Crippen LogP contribution in [0.1, 0.15) is 16.3 Å². The summed E-state index contributed by atoms with van der Waals surface area (Å²) in [5.74, 6) is -1.69. The molecule has 0 unspecified atom stereocenters. The molecule has 0 spiro atoms. The van der Waals surface area contributed by atoms with E-state index in [1.54, 1.807) is 0 Å². The fraction of sp³-hybridized carbons (Fsp3) is 0.250. The molecule has 0 atom stereocenters. The van der Waals surface area contributed by atoms with Gasteiger partial charge in [-0.2, -0.15) is 13.2 Å². The first-order chi connectivity index (χ1) is 7.23. The molecule has 0 aromatic carbocycles. The lowest BCUT2D eigenvalue weighted by Gasteiger charge is -2.04. The van der Waals surface area contributed by atoms with E-state index in [1.807, 2.05) is 0 Å². The third-order valence-electron chi connectivity index (χ3n) is 1.76. The summed E-state index contributed by atoms with van der Waals surface area (Å²) in [7, 11) is 1.28. The second-order valence-corrected chi connectivity index (χ2v) is 3.27. The van der Waals surface area contributed by atoms with Crippen molar-refractivity contribution in [3.63, 3.8) is 0 Å². The van der Waals surface area contributed by atoms with Crippen LogP contribution in [0.3, 0.4) is 0 Å². The van der Waals surface area contributed by atoms with Crippen LogP contribution in [0.4, 0.5) is 13.2 Å². The number of hydrogen-bond acceptors (Lipinski definition) is 2. The number of aromatic carboxylic acids is 1. The fourth-order valence-electron chi connectivity index (χ4n) is 0.967. The number of carbonyl (C=O) groups is 1. The van der Waals surface area contributed by atoms with Gasteiger partial charge in [0.25, 0.3) is 0 Å². The number of nitrogens with zero attached hydrogens (tertiary/aromatic N) is 2. The highest BCUT2D eigenvalue weighted by molar-refractivity contribution is 6.32. The zero-order valence-corrected chi connectivity index (χ0v) is 8.67. The van der Waals surface area contributed by atoms with Gasteiger partial charge in [-0.05, 0) is 6.08 Å². The van der Waals surface area contributed by atoms with E-state index in [9.17, 15) is 18.0 Å². The van der Waals surface area contributed by atoms with E-state index in [-0.39, 0.29) is 11.5 Å². The van der Waals surface area contributed by atoms with Crippen LogP contribution in [0.15, 0.2) is 11.2 Å². The molecule has 0 aliphatic heterocycles. The molecule has 88 valence electrons. The summed E-state index contributed by atoms with van der Waals surface area (Å²) in [6.45, 7) is 0. The summed E-state index contributed by atoms with van der Waals surface area (Å²) in [6.07, 6.45) is -3.05. The Labute approximate surface area is 93.0 Å². The number of rotatable bonds is 2. The molecule has 0 amide bonds. The van der Waals surface area contributed by atoms with Crippen LogP contribution in [0.25, 0.3) is 6.08 Å². The van der Waals surface area contributed by atoms with Crippen molar-refractivity contribution in [1.29, 1.82) is 0 Å². The number of carboxylic acids is 1. The summed E-state index contributed by atoms with van der Waals surface area (Å²) in [5.41, 5.74) is -0.0419. The summed E-state index contributed by atoms with van der Waals surface area (Å²) in [6, 6.07) is 0. The molecule has 1 rings (SSSR count). The van der Waals surface area contributed by atoms with Gasteiger partial charge in [-0.15, -0.1) is 0 Å². The number of aromatic nitrogens is 2. The average molecular weight is 255 g/mol. The number of alkyl halides is 3. The van der Waals surface area contributed by atoms with Crippen molar-refractivity contribution in [3.8, 4) is 0 Å². The molecule has 0 aliphatic rings. The topological polar surface area (TPSA) is 55.1 Å². The highest BCUT2D eigenvalue weighted by atomic mass is 35.5. The Kier molecular flexibility index (Phi) is 3.27. The summed E-state index contributed by atoms with van der Waals surface area (Å²) >= 11 is 5.00. The van der Waals surface area contributed by atoms with Crippen LogP contribution in [0.5, 0.6) is 0 Å². The van der Waals surface area contributed by atoms with Gasteiger partial charge in [0.15, 0.2) is 0 Å². The molecule has 0 saturated carbocycles. The standard InChI is InChI=1S/C8H6ClF3N2O2/c1-14-4(2-5(9)8(10,11)12)3-13-6(14)7(15)16/h2-3H,1H3,(H,15,16). The molecule has 0 bridgehead atoms. The van der Waals surface area contributed by atoms with Crippen LogP contribution >= 0.6 is 11.6 Å². The van der Waals surface area contributed by atoms with Crippen molar-refractivity contribution in [1.82, 2.24) is 9.55 Å². The van der Waals surface area contributed by atoms with E-state index in [2.05, 4.69) is 4.98 Å². The second-order valence-electron chi connectivity index (χ2n) is 2.86. The third-order valence-corrected chi connectivity index (χ3v) is 2.08. The zero-order chi connectivity index (χ0) is 12.5. The van der Waals surface area contributed by atoms with E-state index < -0.39 is 17.2 Å². The molecule has 0 saturated heterocycles. The Balaban J connectivity index is 3.13. The van der Waals surface area contributed by atoms with Crippen molar-refractivity contribution < 1.29 is 23.1 Å². The van der Waals surface area contributed by atoms with E-state index in [1.165, 1.54) is 7.05 Å². The van der Waals surface area contributed by atoms with Gasteiger partial charge in [-0.3, -0.25) is 0 Å². The van der Waals surface area contributed by atoms with Gasteiger partial charge in [-0.25, -0.2) is 9.78 Å². The zero-order valence-electron chi connectivity index (χ0n) is 7.92. The monoisotopic (exact) mass is 254 g/mol. The fourth-order valence-corrected chi connectivity index (χ4v) is 1.08. The van der Waals surface area contributed by atoms with Crippen LogP contribution in [-0.2, 0) is 7.05 Å². The van der Waals surface area contributed by atoms with Gasteiger partial charge < -0.3 is 9.67 Å². The largest absolute Gasteiger partial charge is 0.475 e. The Morgan fingerprint density at radius 1 is 1.62 bits per heavy atom. The Bertz CT molecular complexity index is 451. The Hall–Kier alpha value is -1.50. The number of allylic oxidation sites excluding steroid dienone is 1. The maximum atomic E-state index is 12.1. The predicted octanol–water partition coefficient (Wildman–Crippen LogP) is 2.26. The predicted molar refractivity (Wildman–Crippen MR) is 50.1 cm³/mol. The van der Waals surface area contributed by atoms with Crippen LogP contribution in [0, 0.1) is 0 Å². The number of halogens is 4. The number of hydrogen-bond donors (Lipinski definition) is 1. The highest BCUT2D eigenvalue weighted by Gasteiger charge is 2.32. The summed E-state index contributed by atoms with van der Waals surface area (Å²) < 4.78 is 37.3. The lowest BCUT2D eigenvalue weighted by molar-refractivity contribution is -0.0837. The average Bonchev–Trinajstić information content (AvgIpc) is 2.46. The lowest BCUT2D eigenvalue weighted by atomic mass is 10.4. The van der Waals surface area contributed by atoms with Gasteiger partial charge >= 0.3 is 12.1 Å². The normalized spacial score (nSPS) is 12.9. The van der Waals surface area contributed by atoms with E-state index in [0.717, 1.165) is 10.8 Å². The first-order valence-electron chi connectivity index (χ1n) is 3.93. The molecule has 1 heterocycles. The van der Waals surface area contributed by atoms with Crippen molar-refractivity contribution in [2.45, 2.75) is 6.18 Å². The molecule has 0 fully saturated rings. The highest BCUT2D eigenvalue weighted by Crippen LogP contribution is 2.30. The van der Waals surface area contributed by atoms with Crippen LogP contribution < -0.4 is 0 Å². The molecule has 1 N–H and O–H groups in total. The quantitative estimate of drug-likeness (QED) is 0.881. The van der Waals surface area contributed by atoms with Crippen molar-refractivity contribution in [2.75, 3.05) is 0 Å². The summed E-state index contributed by atoms with van der Waals surface area (Å²) in [4.78, 5) is 14.0. The minimum atomic E-state index is -4.66. The van der Waals surface area contributed by atoms with Gasteiger partial charge in [0.1, 0.15) is 5.03 Å². The van der Waals surface area contributed by atoms with Crippen LogP contribution in [0.2, 0.25) is 0 Å². The van der Waals surface area contributed by atoms with Gasteiger partial charge in [-0.1, -0.05) is 11.6 Å². The Morgan fingerprint density at radius 2 is 2.19 bits per heavy atom. The molecular weight excluding hydrogens is 249 g/mol. The third kappa shape index (κ3) is 2.54. The van der Waals surface area contributed by atoms with Crippen molar-refractivity contribution in [2.24, 2.45) is 7.05 Å². The van der Waals surface area contributed by atoms with E-state index in [0.29, 0.717) is 6.08 Å². The molecule has 0 radical (unpaired) electrons. The second kappa shape index (κ2) is 4.17. The molecular formula is C8H6ClF3N2O2. The van der Waals surface area contributed by atoms with Gasteiger partial charge in [0, 0.05) is 7.05 Å². The van der Waals surface area contributed by atoms with Gasteiger partial charge in [0.05, 0.1) is 11.9 Å². The minimum absolute atomic E-state index is 0.0419. The minimum Gasteiger partial charge on any atom is -0.475 e. The van der Waals surface area contributed by atoms with E-state index in [4.69, 9.17) is 16.7 Å². The van der Waals surface area contributed by atoms with E-state index >= 15 is 0 Å². The Morgan fingerprint density at radius 3 is 2.56 bits per heavy atom.